The minimum absolute atomic E-state index is 0.0865. The maximum atomic E-state index is 6.04. The van der Waals surface area contributed by atoms with Gasteiger partial charge in [-0.05, 0) is 30.4 Å². The van der Waals surface area contributed by atoms with Gasteiger partial charge in [0.1, 0.15) is 5.52 Å². The number of imidazole rings is 1. The molecule has 0 aliphatic carbocycles. The molecule has 0 saturated heterocycles. The van der Waals surface area contributed by atoms with Crippen molar-refractivity contribution in [2.45, 2.75) is 33.7 Å². The molecule has 0 aliphatic rings. The molecule has 104 valence electrons. The van der Waals surface area contributed by atoms with E-state index in [1.54, 1.807) is 13.3 Å². The summed E-state index contributed by atoms with van der Waals surface area (Å²) in [7, 11) is 1.72. The van der Waals surface area contributed by atoms with E-state index in [-0.39, 0.29) is 5.41 Å². The summed E-state index contributed by atoms with van der Waals surface area (Å²) < 4.78 is 7.16. The second kappa shape index (κ2) is 5.17. The zero-order chi connectivity index (χ0) is 14.0. The maximum Gasteiger partial charge on any atom is 0.202 e. The summed E-state index contributed by atoms with van der Waals surface area (Å²) in [5.41, 5.74) is 8.98. The third kappa shape index (κ3) is 2.87. The summed E-state index contributed by atoms with van der Waals surface area (Å²) in [6, 6.07) is 1.95. The van der Waals surface area contributed by atoms with Crippen LogP contribution in [0.2, 0.25) is 0 Å². The molecule has 0 radical (unpaired) electrons. The first-order valence-electron chi connectivity index (χ1n) is 6.51. The van der Waals surface area contributed by atoms with Crippen LogP contribution in [0.5, 0.6) is 0 Å². The molecule has 5 heteroatoms. The Kier molecular flexibility index (Phi) is 3.75. The number of pyridine rings is 1. The number of rotatable bonds is 5. The van der Waals surface area contributed by atoms with Gasteiger partial charge in [-0.3, -0.25) is 4.57 Å². The summed E-state index contributed by atoms with van der Waals surface area (Å²) >= 11 is 0. The molecule has 0 bridgehead atoms. The Bertz CT molecular complexity index is 574. The minimum Gasteiger partial charge on any atom is -0.385 e. The second-order valence-corrected chi connectivity index (χ2v) is 5.76. The molecule has 2 N–H and O–H groups in total. The van der Waals surface area contributed by atoms with E-state index in [1.165, 1.54) is 0 Å². The lowest BCUT2D eigenvalue weighted by atomic mass is 9.89. The van der Waals surface area contributed by atoms with Gasteiger partial charge in [0.15, 0.2) is 5.65 Å². The van der Waals surface area contributed by atoms with Crippen LogP contribution in [0.4, 0.5) is 5.95 Å². The smallest absolute Gasteiger partial charge is 0.202 e. The van der Waals surface area contributed by atoms with Gasteiger partial charge >= 0.3 is 0 Å². The van der Waals surface area contributed by atoms with Gasteiger partial charge in [0, 0.05) is 26.5 Å². The largest absolute Gasteiger partial charge is 0.385 e. The van der Waals surface area contributed by atoms with Crippen molar-refractivity contribution >= 4 is 17.1 Å². The van der Waals surface area contributed by atoms with E-state index in [4.69, 9.17) is 10.5 Å². The van der Waals surface area contributed by atoms with Gasteiger partial charge in [0.05, 0.1) is 0 Å². The summed E-state index contributed by atoms with van der Waals surface area (Å²) in [5, 5.41) is 0. The number of nitrogens with two attached hydrogens (primary N) is 1. The molecule has 0 amide bonds. The van der Waals surface area contributed by atoms with E-state index in [2.05, 4.69) is 23.8 Å². The number of aryl methyl sites for hydroxylation is 1. The molecule has 2 heterocycles. The number of ether oxygens (including phenoxy) is 1. The highest BCUT2D eigenvalue weighted by atomic mass is 16.5. The SMILES string of the molecule is COCCC(C)(C)Cn1c(N)nc2c(C)ccnc21. The second-order valence-electron chi connectivity index (χ2n) is 5.76. The number of fused-ring (bicyclic) bond motifs is 1. The number of aromatic nitrogens is 3. The standard InChI is InChI=1S/C14H22N4O/c1-10-5-7-16-12-11(10)17-13(15)18(12)9-14(2,3)6-8-19-4/h5,7H,6,8-9H2,1-4H3,(H2,15,17). The average molecular weight is 262 g/mol. The number of hydrogen-bond donors (Lipinski definition) is 1. The molecule has 19 heavy (non-hydrogen) atoms. The van der Waals surface area contributed by atoms with Crippen LogP contribution in [-0.2, 0) is 11.3 Å². The Morgan fingerprint density at radius 2 is 2.16 bits per heavy atom. The lowest BCUT2D eigenvalue weighted by Gasteiger charge is -2.25. The molecule has 0 fully saturated rings. The molecule has 0 atom stereocenters. The summed E-state index contributed by atoms with van der Waals surface area (Å²) in [6.07, 6.45) is 2.77. The van der Waals surface area contributed by atoms with Gasteiger partial charge in [0.25, 0.3) is 0 Å². The normalized spacial score (nSPS) is 12.2. The molecular weight excluding hydrogens is 240 g/mol. The van der Waals surface area contributed by atoms with Gasteiger partial charge in [-0.1, -0.05) is 13.8 Å². The van der Waals surface area contributed by atoms with Crippen molar-refractivity contribution in [3.8, 4) is 0 Å². The monoisotopic (exact) mass is 262 g/mol. The lowest BCUT2D eigenvalue weighted by molar-refractivity contribution is 0.143. The Morgan fingerprint density at radius 3 is 2.84 bits per heavy atom. The quantitative estimate of drug-likeness (QED) is 0.898. The van der Waals surface area contributed by atoms with Gasteiger partial charge in [-0.2, -0.15) is 0 Å². The first-order chi connectivity index (χ1) is 8.94. The maximum absolute atomic E-state index is 6.04. The third-order valence-corrected chi connectivity index (χ3v) is 3.43. The highest BCUT2D eigenvalue weighted by Gasteiger charge is 2.22. The van der Waals surface area contributed by atoms with Crippen LogP contribution in [0.1, 0.15) is 25.8 Å². The number of hydrogen-bond acceptors (Lipinski definition) is 4. The van der Waals surface area contributed by atoms with Crippen LogP contribution in [0.15, 0.2) is 12.3 Å². The number of methoxy groups -OCH3 is 1. The summed E-state index contributed by atoms with van der Waals surface area (Å²) in [6.45, 7) is 7.96. The predicted molar refractivity (Wildman–Crippen MR) is 77.0 cm³/mol. The van der Waals surface area contributed by atoms with Crippen LogP contribution < -0.4 is 5.73 Å². The van der Waals surface area contributed by atoms with E-state index >= 15 is 0 Å². The van der Waals surface area contributed by atoms with Crippen LogP contribution >= 0.6 is 0 Å². The first kappa shape index (κ1) is 13.8. The van der Waals surface area contributed by atoms with E-state index in [9.17, 15) is 0 Å². The number of anilines is 1. The molecule has 0 spiro atoms. The van der Waals surface area contributed by atoms with Gasteiger partial charge < -0.3 is 10.5 Å². The van der Waals surface area contributed by atoms with Crippen molar-refractivity contribution < 1.29 is 4.74 Å². The van der Waals surface area contributed by atoms with E-state index in [1.807, 2.05) is 17.6 Å². The first-order valence-corrected chi connectivity index (χ1v) is 6.51. The van der Waals surface area contributed by atoms with Crippen LogP contribution in [0, 0.1) is 12.3 Å². The van der Waals surface area contributed by atoms with Crippen molar-refractivity contribution in [3.63, 3.8) is 0 Å². The Morgan fingerprint density at radius 1 is 1.42 bits per heavy atom. The Balaban J connectivity index is 2.35. The molecule has 0 aromatic carbocycles. The molecule has 0 saturated carbocycles. The van der Waals surface area contributed by atoms with Crippen molar-refractivity contribution in [2.24, 2.45) is 5.41 Å². The number of nitrogens with zero attached hydrogens (tertiary/aromatic N) is 3. The fraction of sp³-hybridized carbons (Fsp3) is 0.571. The van der Waals surface area contributed by atoms with Crippen LogP contribution in [0.3, 0.4) is 0 Å². The lowest BCUT2D eigenvalue weighted by Crippen LogP contribution is -2.22. The number of nitrogen functional groups attached to an aromatic ring is 1. The third-order valence-electron chi connectivity index (χ3n) is 3.43. The van der Waals surface area contributed by atoms with E-state index in [0.29, 0.717) is 5.95 Å². The van der Waals surface area contributed by atoms with Crippen molar-refractivity contribution in [2.75, 3.05) is 19.5 Å². The van der Waals surface area contributed by atoms with E-state index < -0.39 is 0 Å². The zero-order valence-corrected chi connectivity index (χ0v) is 12.1. The fourth-order valence-electron chi connectivity index (χ4n) is 2.20. The van der Waals surface area contributed by atoms with Gasteiger partial charge in [-0.15, -0.1) is 0 Å². The zero-order valence-electron chi connectivity index (χ0n) is 12.1. The molecular formula is C14H22N4O. The summed E-state index contributed by atoms with van der Waals surface area (Å²) in [5.74, 6) is 0.530. The van der Waals surface area contributed by atoms with Crippen LogP contribution in [-0.4, -0.2) is 28.3 Å². The molecule has 2 aromatic heterocycles. The minimum atomic E-state index is 0.0865. The molecule has 2 rings (SSSR count). The molecule has 5 nitrogen and oxygen atoms in total. The molecule has 0 unspecified atom stereocenters. The van der Waals surface area contributed by atoms with E-state index in [0.717, 1.165) is 36.3 Å². The summed E-state index contributed by atoms with van der Waals surface area (Å²) in [4.78, 5) is 8.84. The van der Waals surface area contributed by atoms with Crippen LogP contribution in [0.25, 0.3) is 11.2 Å². The highest BCUT2D eigenvalue weighted by Crippen LogP contribution is 2.27. The highest BCUT2D eigenvalue weighted by molar-refractivity contribution is 5.77. The molecule has 0 aliphatic heterocycles. The topological polar surface area (TPSA) is 66.0 Å². The fourth-order valence-corrected chi connectivity index (χ4v) is 2.20. The van der Waals surface area contributed by atoms with Gasteiger partial charge in [-0.25, -0.2) is 9.97 Å². The van der Waals surface area contributed by atoms with Crippen molar-refractivity contribution in [1.29, 1.82) is 0 Å². The predicted octanol–water partition coefficient (Wildman–Crippen LogP) is 2.38. The average Bonchev–Trinajstić information content (AvgIpc) is 2.66. The van der Waals surface area contributed by atoms with Gasteiger partial charge in [0.2, 0.25) is 5.95 Å². The Hall–Kier alpha value is -1.62. The van der Waals surface area contributed by atoms with Crippen molar-refractivity contribution in [1.82, 2.24) is 14.5 Å². The Labute approximate surface area is 113 Å². The molecule has 2 aromatic rings. The van der Waals surface area contributed by atoms with Crippen molar-refractivity contribution in [3.05, 3.63) is 17.8 Å².